The maximum Gasteiger partial charge on any atom is 0.261 e. The Hall–Kier alpha value is -2.44. The van der Waals surface area contributed by atoms with Crippen molar-refractivity contribution in [2.24, 2.45) is 0 Å². The molecule has 2 aromatic carbocycles. The van der Waals surface area contributed by atoms with Crippen LogP contribution in [-0.4, -0.2) is 46.8 Å². The van der Waals surface area contributed by atoms with Gasteiger partial charge in [0.1, 0.15) is 0 Å². The maximum atomic E-state index is 12.2. The molecule has 1 aliphatic rings. The highest BCUT2D eigenvalue weighted by Gasteiger charge is 2.30. The van der Waals surface area contributed by atoms with E-state index in [2.05, 4.69) is 5.32 Å². The summed E-state index contributed by atoms with van der Waals surface area (Å²) in [7, 11) is 1.46. The molecule has 2 amide bonds. The molecule has 2 aromatic rings. The standard InChI is InChI=1S/C15H14N2O4/c1-17-14(20)9-4-2-3-8-11(16-7-12(18)19)6-5-10(13(8)9)15(17)21/h2-6,12,16,18-19H,7H2,1H3. The second-order valence-electron chi connectivity index (χ2n) is 4.92. The molecule has 1 heterocycles. The summed E-state index contributed by atoms with van der Waals surface area (Å²) < 4.78 is 0. The summed E-state index contributed by atoms with van der Waals surface area (Å²) in [5.41, 5.74) is 1.59. The fourth-order valence-electron chi connectivity index (χ4n) is 2.57. The van der Waals surface area contributed by atoms with Gasteiger partial charge in [-0.15, -0.1) is 0 Å². The molecule has 0 aliphatic carbocycles. The van der Waals surface area contributed by atoms with Crippen LogP contribution >= 0.6 is 0 Å². The van der Waals surface area contributed by atoms with Gasteiger partial charge in [0.25, 0.3) is 11.8 Å². The highest BCUT2D eigenvalue weighted by molar-refractivity contribution is 6.26. The number of nitrogens with zero attached hydrogens (tertiary/aromatic N) is 1. The van der Waals surface area contributed by atoms with E-state index in [0.29, 0.717) is 27.6 Å². The maximum absolute atomic E-state index is 12.2. The number of carbonyl (C=O) groups is 2. The average Bonchev–Trinajstić information content (AvgIpc) is 2.48. The van der Waals surface area contributed by atoms with Crippen LogP contribution in [0.4, 0.5) is 5.69 Å². The SMILES string of the molecule is CN1C(=O)c2cccc3c(NCC(O)O)ccc(c23)C1=O. The van der Waals surface area contributed by atoms with Crippen LogP contribution in [0.5, 0.6) is 0 Å². The number of aliphatic hydroxyl groups is 2. The number of imide groups is 1. The zero-order valence-corrected chi connectivity index (χ0v) is 11.3. The highest BCUT2D eigenvalue weighted by Crippen LogP contribution is 2.33. The molecule has 0 saturated carbocycles. The second-order valence-corrected chi connectivity index (χ2v) is 4.92. The molecule has 3 rings (SSSR count). The third kappa shape index (κ3) is 2.05. The lowest BCUT2D eigenvalue weighted by molar-refractivity contribution is -0.0275. The molecule has 6 heteroatoms. The number of anilines is 1. The smallest absolute Gasteiger partial charge is 0.261 e. The number of hydrogen-bond acceptors (Lipinski definition) is 5. The van der Waals surface area contributed by atoms with Crippen molar-refractivity contribution in [1.29, 1.82) is 0 Å². The molecule has 3 N–H and O–H groups in total. The highest BCUT2D eigenvalue weighted by atomic mass is 16.5. The van der Waals surface area contributed by atoms with E-state index < -0.39 is 6.29 Å². The first-order valence-electron chi connectivity index (χ1n) is 6.49. The predicted molar refractivity (Wildman–Crippen MR) is 77.1 cm³/mol. The Balaban J connectivity index is 2.22. The molecule has 6 nitrogen and oxygen atoms in total. The van der Waals surface area contributed by atoms with E-state index in [0.717, 1.165) is 4.90 Å². The molecule has 0 spiro atoms. The molecule has 1 aliphatic heterocycles. The summed E-state index contributed by atoms with van der Waals surface area (Å²) in [6.07, 6.45) is -1.48. The van der Waals surface area contributed by atoms with Crippen LogP contribution in [0.15, 0.2) is 30.3 Å². The Labute approximate surface area is 120 Å². The molecule has 0 unspecified atom stereocenters. The minimum absolute atomic E-state index is 0.0412. The van der Waals surface area contributed by atoms with Crippen LogP contribution in [0.2, 0.25) is 0 Å². The molecule has 0 saturated heterocycles. The van der Waals surface area contributed by atoms with Crippen molar-refractivity contribution in [1.82, 2.24) is 4.90 Å². The summed E-state index contributed by atoms with van der Waals surface area (Å²) in [6.45, 7) is -0.0412. The van der Waals surface area contributed by atoms with Crippen molar-refractivity contribution >= 4 is 28.3 Å². The van der Waals surface area contributed by atoms with E-state index in [1.165, 1.54) is 7.05 Å². The molecular weight excluding hydrogens is 272 g/mol. The molecule has 21 heavy (non-hydrogen) atoms. The number of nitrogens with one attached hydrogen (secondary N) is 1. The first kappa shape index (κ1) is 13.5. The summed E-state index contributed by atoms with van der Waals surface area (Å²) in [4.78, 5) is 25.5. The first-order chi connectivity index (χ1) is 10.0. The summed E-state index contributed by atoms with van der Waals surface area (Å²) in [5, 5.41) is 22.1. The number of rotatable bonds is 3. The van der Waals surface area contributed by atoms with E-state index in [1.54, 1.807) is 30.3 Å². The van der Waals surface area contributed by atoms with Crippen molar-refractivity contribution in [3.63, 3.8) is 0 Å². The third-order valence-electron chi connectivity index (χ3n) is 3.59. The topological polar surface area (TPSA) is 89.9 Å². The Morgan fingerprint density at radius 2 is 1.76 bits per heavy atom. The number of hydrogen-bond donors (Lipinski definition) is 3. The van der Waals surface area contributed by atoms with Gasteiger partial charge in [0, 0.05) is 34.6 Å². The Morgan fingerprint density at radius 3 is 2.43 bits per heavy atom. The Bertz CT molecular complexity index is 732. The Morgan fingerprint density at radius 1 is 1.10 bits per heavy atom. The van der Waals surface area contributed by atoms with Crippen molar-refractivity contribution in [3.8, 4) is 0 Å². The van der Waals surface area contributed by atoms with Crippen molar-refractivity contribution in [3.05, 3.63) is 41.5 Å². The van der Waals surface area contributed by atoms with Crippen LogP contribution in [0.3, 0.4) is 0 Å². The second kappa shape index (κ2) is 4.83. The number of carbonyl (C=O) groups excluding carboxylic acids is 2. The van der Waals surface area contributed by atoms with Crippen LogP contribution in [0.25, 0.3) is 10.8 Å². The molecule has 0 bridgehead atoms. The largest absolute Gasteiger partial charge is 0.379 e. The van der Waals surface area contributed by atoms with Gasteiger partial charge >= 0.3 is 0 Å². The third-order valence-corrected chi connectivity index (χ3v) is 3.59. The Kier molecular flexibility index (Phi) is 3.12. The van der Waals surface area contributed by atoms with Crippen molar-refractivity contribution < 1.29 is 19.8 Å². The molecule has 108 valence electrons. The summed E-state index contributed by atoms with van der Waals surface area (Å²) >= 11 is 0. The molecule has 0 fully saturated rings. The fourth-order valence-corrected chi connectivity index (χ4v) is 2.57. The molecule has 0 radical (unpaired) electrons. The van der Waals surface area contributed by atoms with Crippen molar-refractivity contribution in [2.45, 2.75) is 6.29 Å². The first-order valence-corrected chi connectivity index (χ1v) is 6.49. The van der Waals surface area contributed by atoms with Gasteiger partial charge in [-0.3, -0.25) is 14.5 Å². The lowest BCUT2D eigenvalue weighted by atomic mass is 9.93. The van der Waals surface area contributed by atoms with Gasteiger partial charge in [-0.05, 0) is 18.2 Å². The fraction of sp³-hybridized carbons (Fsp3) is 0.200. The normalized spacial score (nSPS) is 14.2. The molecule has 0 atom stereocenters. The van der Waals surface area contributed by atoms with Gasteiger partial charge in [0.15, 0.2) is 6.29 Å². The van der Waals surface area contributed by atoms with Gasteiger partial charge in [0.2, 0.25) is 0 Å². The van der Waals surface area contributed by atoms with E-state index in [4.69, 9.17) is 10.2 Å². The minimum atomic E-state index is -1.48. The minimum Gasteiger partial charge on any atom is -0.379 e. The van der Waals surface area contributed by atoms with Gasteiger partial charge < -0.3 is 15.5 Å². The lowest BCUT2D eigenvalue weighted by Crippen LogP contribution is -2.36. The number of amides is 2. The van der Waals surface area contributed by atoms with Gasteiger partial charge in [0.05, 0.1) is 6.54 Å². The number of benzene rings is 2. The zero-order valence-electron chi connectivity index (χ0n) is 11.3. The van der Waals surface area contributed by atoms with Crippen LogP contribution in [-0.2, 0) is 0 Å². The molecular formula is C15H14N2O4. The van der Waals surface area contributed by atoms with Crippen LogP contribution in [0.1, 0.15) is 20.7 Å². The van der Waals surface area contributed by atoms with E-state index >= 15 is 0 Å². The van der Waals surface area contributed by atoms with Gasteiger partial charge in [-0.25, -0.2) is 0 Å². The number of aliphatic hydroxyl groups excluding tert-OH is 1. The van der Waals surface area contributed by atoms with Crippen LogP contribution in [0, 0.1) is 0 Å². The van der Waals surface area contributed by atoms with E-state index in [1.807, 2.05) is 0 Å². The van der Waals surface area contributed by atoms with Gasteiger partial charge in [-0.1, -0.05) is 12.1 Å². The molecule has 0 aromatic heterocycles. The van der Waals surface area contributed by atoms with Crippen molar-refractivity contribution in [2.75, 3.05) is 18.9 Å². The van der Waals surface area contributed by atoms with Crippen LogP contribution < -0.4 is 5.32 Å². The monoisotopic (exact) mass is 286 g/mol. The summed E-state index contributed by atoms with van der Waals surface area (Å²) in [6, 6.07) is 8.56. The quantitative estimate of drug-likeness (QED) is 0.573. The zero-order chi connectivity index (χ0) is 15.1. The van der Waals surface area contributed by atoms with Gasteiger partial charge in [-0.2, -0.15) is 0 Å². The lowest BCUT2D eigenvalue weighted by Gasteiger charge is -2.24. The summed E-state index contributed by atoms with van der Waals surface area (Å²) in [5.74, 6) is -0.671. The average molecular weight is 286 g/mol. The van der Waals surface area contributed by atoms with E-state index in [-0.39, 0.29) is 18.4 Å². The van der Waals surface area contributed by atoms with E-state index in [9.17, 15) is 9.59 Å². The predicted octanol–water partition coefficient (Wildman–Crippen LogP) is 0.788.